The van der Waals surface area contributed by atoms with Crippen molar-refractivity contribution in [2.45, 2.75) is 6.42 Å². The smallest absolute Gasteiger partial charge is 0.167 e. The summed E-state index contributed by atoms with van der Waals surface area (Å²) in [5, 5.41) is 0. The minimum atomic E-state index is -0.686. The van der Waals surface area contributed by atoms with Crippen LogP contribution in [0.2, 0.25) is 0 Å². The molecule has 0 spiro atoms. The lowest BCUT2D eigenvalue weighted by Gasteiger charge is -2.03. The van der Waals surface area contributed by atoms with E-state index in [1.165, 1.54) is 6.07 Å². The van der Waals surface area contributed by atoms with Crippen molar-refractivity contribution in [2.75, 3.05) is 0 Å². The topological polar surface area (TPSA) is 17.1 Å². The number of benzene rings is 2. The molecule has 0 aliphatic heterocycles. The van der Waals surface area contributed by atoms with Gasteiger partial charge in [0.15, 0.2) is 5.78 Å². The Hall–Kier alpha value is -1.30. The number of halogens is 3. The molecule has 0 aliphatic rings. The standard InChI is InChI=1S/C14H9F2IO/c15-11-5-4-9(13(16)8-11)7-14(18)10-2-1-3-12(17)6-10/h1-6,8H,7H2. The second-order valence-corrected chi connectivity index (χ2v) is 5.09. The molecule has 0 N–H and O–H groups in total. The van der Waals surface area contributed by atoms with E-state index in [0.717, 1.165) is 15.7 Å². The van der Waals surface area contributed by atoms with Gasteiger partial charge >= 0.3 is 0 Å². The molecule has 4 heteroatoms. The lowest BCUT2D eigenvalue weighted by molar-refractivity contribution is 0.0991. The second-order valence-electron chi connectivity index (χ2n) is 3.85. The highest BCUT2D eigenvalue weighted by Gasteiger charge is 2.11. The maximum Gasteiger partial charge on any atom is 0.167 e. The van der Waals surface area contributed by atoms with Gasteiger partial charge in [-0.15, -0.1) is 0 Å². The molecule has 0 saturated carbocycles. The summed E-state index contributed by atoms with van der Waals surface area (Å²) in [6.45, 7) is 0. The van der Waals surface area contributed by atoms with Gasteiger partial charge in [0.05, 0.1) is 0 Å². The van der Waals surface area contributed by atoms with Crippen LogP contribution in [0, 0.1) is 15.2 Å². The van der Waals surface area contributed by atoms with Crippen LogP contribution in [0.4, 0.5) is 8.78 Å². The molecule has 0 amide bonds. The monoisotopic (exact) mass is 358 g/mol. The van der Waals surface area contributed by atoms with Crippen LogP contribution in [0.1, 0.15) is 15.9 Å². The predicted octanol–water partition coefficient (Wildman–Crippen LogP) is 3.99. The fourth-order valence-corrected chi connectivity index (χ4v) is 2.15. The lowest BCUT2D eigenvalue weighted by Crippen LogP contribution is -2.05. The van der Waals surface area contributed by atoms with Crippen molar-refractivity contribution < 1.29 is 13.6 Å². The molecule has 1 nitrogen and oxygen atoms in total. The Kier molecular flexibility index (Phi) is 4.06. The highest BCUT2D eigenvalue weighted by molar-refractivity contribution is 14.1. The van der Waals surface area contributed by atoms with Gasteiger partial charge in [0, 0.05) is 21.6 Å². The van der Waals surface area contributed by atoms with Crippen LogP contribution in [-0.2, 0) is 6.42 Å². The van der Waals surface area contributed by atoms with Gasteiger partial charge in [-0.2, -0.15) is 0 Å². The Morgan fingerprint density at radius 3 is 2.56 bits per heavy atom. The average Bonchev–Trinajstić information content (AvgIpc) is 2.32. The molecule has 0 bridgehead atoms. The van der Waals surface area contributed by atoms with E-state index in [4.69, 9.17) is 0 Å². The van der Waals surface area contributed by atoms with Crippen LogP contribution in [0.5, 0.6) is 0 Å². The molecule has 0 fully saturated rings. The van der Waals surface area contributed by atoms with Crippen molar-refractivity contribution >= 4 is 28.4 Å². The molecule has 0 aromatic heterocycles. The molecule has 18 heavy (non-hydrogen) atoms. The number of hydrogen-bond donors (Lipinski definition) is 0. The summed E-state index contributed by atoms with van der Waals surface area (Å²) in [4.78, 5) is 11.9. The molecule has 0 heterocycles. The summed E-state index contributed by atoms with van der Waals surface area (Å²) in [6.07, 6.45) is -0.0633. The molecule has 0 unspecified atom stereocenters. The van der Waals surface area contributed by atoms with Crippen molar-refractivity contribution in [3.8, 4) is 0 Å². The molecule has 0 atom stereocenters. The lowest BCUT2D eigenvalue weighted by atomic mass is 10.0. The Bertz CT molecular complexity index is 596. The SMILES string of the molecule is O=C(Cc1ccc(F)cc1F)c1cccc(I)c1. The van der Waals surface area contributed by atoms with Gasteiger partial charge < -0.3 is 0 Å². The van der Waals surface area contributed by atoms with Crippen LogP contribution < -0.4 is 0 Å². The van der Waals surface area contributed by atoms with E-state index in [0.29, 0.717) is 5.56 Å². The van der Waals surface area contributed by atoms with Crippen molar-refractivity contribution in [2.24, 2.45) is 0 Å². The van der Waals surface area contributed by atoms with Gasteiger partial charge in [0.2, 0.25) is 0 Å². The number of carbonyl (C=O) groups is 1. The number of carbonyl (C=O) groups excluding carboxylic acids is 1. The number of hydrogen-bond acceptors (Lipinski definition) is 1. The Morgan fingerprint density at radius 2 is 1.89 bits per heavy atom. The zero-order valence-corrected chi connectivity index (χ0v) is 11.4. The Morgan fingerprint density at radius 1 is 1.11 bits per heavy atom. The van der Waals surface area contributed by atoms with E-state index in [9.17, 15) is 13.6 Å². The highest BCUT2D eigenvalue weighted by Crippen LogP contribution is 2.14. The Balaban J connectivity index is 2.21. The quantitative estimate of drug-likeness (QED) is 0.599. The van der Waals surface area contributed by atoms with Crippen LogP contribution >= 0.6 is 22.6 Å². The molecule has 92 valence electrons. The van der Waals surface area contributed by atoms with E-state index in [2.05, 4.69) is 22.6 Å². The summed E-state index contributed by atoms with van der Waals surface area (Å²) in [5.74, 6) is -1.51. The first kappa shape index (κ1) is 13.1. The fourth-order valence-electron chi connectivity index (χ4n) is 1.60. The molecule has 0 saturated heterocycles. The maximum absolute atomic E-state index is 13.4. The van der Waals surface area contributed by atoms with Crippen molar-refractivity contribution in [1.29, 1.82) is 0 Å². The summed E-state index contributed by atoms with van der Waals surface area (Å²) < 4.78 is 27.1. The van der Waals surface area contributed by atoms with Crippen LogP contribution in [-0.4, -0.2) is 5.78 Å². The second kappa shape index (κ2) is 5.56. The van der Waals surface area contributed by atoms with E-state index < -0.39 is 11.6 Å². The fraction of sp³-hybridized carbons (Fsp3) is 0.0714. The first-order valence-corrected chi connectivity index (χ1v) is 6.37. The molecule has 2 aromatic carbocycles. The van der Waals surface area contributed by atoms with E-state index in [1.807, 2.05) is 6.07 Å². The molecule has 2 aromatic rings. The van der Waals surface area contributed by atoms with Gasteiger partial charge in [0.25, 0.3) is 0 Å². The molecular formula is C14H9F2IO. The highest BCUT2D eigenvalue weighted by atomic mass is 127. The largest absolute Gasteiger partial charge is 0.294 e. The van der Waals surface area contributed by atoms with Crippen LogP contribution in [0.15, 0.2) is 42.5 Å². The number of Topliss-reactive ketones (excluding diaryl/α,β-unsaturated/α-hetero) is 1. The molecule has 0 aliphatic carbocycles. The van der Waals surface area contributed by atoms with E-state index in [1.54, 1.807) is 18.2 Å². The van der Waals surface area contributed by atoms with Gasteiger partial charge in [-0.3, -0.25) is 4.79 Å². The van der Waals surface area contributed by atoms with E-state index >= 15 is 0 Å². The summed E-state index contributed by atoms with van der Waals surface area (Å²) >= 11 is 2.10. The number of rotatable bonds is 3. The van der Waals surface area contributed by atoms with E-state index in [-0.39, 0.29) is 17.8 Å². The summed E-state index contributed by atoms with van der Waals surface area (Å²) in [6, 6.07) is 10.3. The van der Waals surface area contributed by atoms with Crippen molar-refractivity contribution in [3.63, 3.8) is 0 Å². The average molecular weight is 358 g/mol. The van der Waals surface area contributed by atoms with Crippen LogP contribution in [0.3, 0.4) is 0 Å². The predicted molar refractivity (Wildman–Crippen MR) is 73.6 cm³/mol. The third-order valence-electron chi connectivity index (χ3n) is 2.51. The summed E-state index contributed by atoms with van der Waals surface area (Å²) in [7, 11) is 0. The molecule has 2 rings (SSSR count). The summed E-state index contributed by atoms with van der Waals surface area (Å²) in [5.41, 5.74) is 0.742. The normalized spacial score (nSPS) is 10.4. The van der Waals surface area contributed by atoms with Gasteiger partial charge in [-0.25, -0.2) is 8.78 Å². The maximum atomic E-state index is 13.4. The first-order chi connectivity index (χ1) is 8.56. The number of ketones is 1. The van der Waals surface area contributed by atoms with Crippen LogP contribution in [0.25, 0.3) is 0 Å². The third-order valence-corrected chi connectivity index (χ3v) is 3.18. The zero-order valence-electron chi connectivity index (χ0n) is 9.29. The molecular weight excluding hydrogens is 349 g/mol. The van der Waals surface area contributed by atoms with Gasteiger partial charge in [-0.1, -0.05) is 18.2 Å². The van der Waals surface area contributed by atoms with Crippen molar-refractivity contribution in [1.82, 2.24) is 0 Å². The minimum Gasteiger partial charge on any atom is -0.294 e. The first-order valence-electron chi connectivity index (χ1n) is 5.29. The van der Waals surface area contributed by atoms with Gasteiger partial charge in [-0.05, 0) is 46.4 Å². The third kappa shape index (κ3) is 3.13. The van der Waals surface area contributed by atoms with Gasteiger partial charge in [0.1, 0.15) is 11.6 Å². The zero-order chi connectivity index (χ0) is 13.1. The van der Waals surface area contributed by atoms with Crippen molar-refractivity contribution in [3.05, 3.63) is 68.8 Å². The molecule has 0 radical (unpaired) electrons. The Labute approximate surface area is 117 Å². The minimum absolute atomic E-state index is 0.0633.